The molecule has 28 heavy (non-hydrogen) atoms. The first-order valence-electron chi connectivity index (χ1n) is 12.0. The Labute approximate surface area is 169 Å². The molecule has 0 saturated heterocycles. The molecule has 0 spiro atoms. The maximum Gasteiger partial charge on any atom is 0.164 e. The number of ether oxygens (including phenoxy) is 1. The van der Waals surface area contributed by atoms with Crippen LogP contribution in [-0.4, -0.2) is 12.2 Å². The predicted molar refractivity (Wildman–Crippen MR) is 108 cm³/mol. The van der Waals surface area contributed by atoms with Crippen LogP contribution in [0.1, 0.15) is 104 Å². The van der Waals surface area contributed by atoms with E-state index in [0.717, 1.165) is 31.6 Å². The molecule has 0 aromatic rings. The first-order valence-corrected chi connectivity index (χ1v) is 12.0. The fourth-order valence-corrected chi connectivity index (χ4v) is 7.52. The van der Waals surface area contributed by atoms with Crippen LogP contribution in [0.2, 0.25) is 0 Å². The van der Waals surface area contributed by atoms with Crippen molar-refractivity contribution < 1.29 is 13.5 Å². The number of hydrogen-bond donors (Lipinski definition) is 0. The summed E-state index contributed by atoms with van der Waals surface area (Å²) in [4.78, 5) is 0. The van der Waals surface area contributed by atoms with Gasteiger partial charge in [-0.05, 0) is 99.7 Å². The number of hydrogen-bond acceptors (Lipinski definition) is 1. The Morgan fingerprint density at radius 2 is 1.36 bits per heavy atom. The minimum absolute atomic E-state index is 0.231. The highest BCUT2D eigenvalue weighted by molar-refractivity contribution is 5.30. The molecule has 0 atom stereocenters. The third-order valence-corrected chi connectivity index (χ3v) is 10.2. The van der Waals surface area contributed by atoms with Crippen molar-refractivity contribution in [2.45, 2.75) is 109 Å². The lowest BCUT2D eigenvalue weighted by Gasteiger charge is -2.56. The monoisotopic (exact) mass is 392 g/mol. The van der Waals surface area contributed by atoms with E-state index in [-0.39, 0.29) is 5.41 Å². The predicted octanol–water partition coefficient (Wildman–Crippen LogP) is 7.65. The van der Waals surface area contributed by atoms with Gasteiger partial charge in [0.05, 0.1) is 6.61 Å². The summed E-state index contributed by atoms with van der Waals surface area (Å²) in [5.74, 6) is 0.144. The summed E-state index contributed by atoms with van der Waals surface area (Å²) in [6.45, 7) is 5.35. The molecule has 158 valence electrons. The summed E-state index contributed by atoms with van der Waals surface area (Å²) >= 11 is 0. The van der Waals surface area contributed by atoms with Crippen molar-refractivity contribution >= 4 is 0 Å². The highest BCUT2D eigenvalue weighted by Crippen LogP contribution is 2.64. The topological polar surface area (TPSA) is 9.23 Å². The van der Waals surface area contributed by atoms with Gasteiger partial charge in [-0.15, -0.1) is 0 Å². The van der Waals surface area contributed by atoms with E-state index in [1.807, 2.05) is 0 Å². The fourth-order valence-electron chi connectivity index (χ4n) is 7.52. The maximum absolute atomic E-state index is 15.5. The summed E-state index contributed by atoms with van der Waals surface area (Å²) in [5, 5.41) is 0. The molecule has 0 aliphatic heterocycles. The van der Waals surface area contributed by atoms with Crippen molar-refractivity contribution in [1.82, 2.24) is 0 Å². The van der Waals surface area contributed by atoms with Gasteiger partial charge in [-0.2, -0.15) is 0 Å². The number of fused-ring (bicyclic) bond motifs is 5. The average Bonchev–Trinajstić information content (AvgIpc) is 2.73. The molecule has 0 unspecified atom stereocenters. The molecule has 4 bridgehead atoms. The first kappa shape index (κ1) is 19.5. The molecule has 5 saturated carbocycles. The van der Waals surface area contributed by atoms with Crippen LogP contribution in [0.3, 0.4) is 0 Å². The van der Waals surface area contributed by atoms with Crippen LogP contribution in [0.25, 0.3) is 0 Å². The highest BCUT2D eigenvalue weighted by Gasteiger charge is 2.60. The van der Waals surface area contributed by atoms with E-state index in [4.69, 9.17) is 4.74 Å². The van der Waals surface area contributed by atoms with Crippen molar-refractivity contribution in [3.05, 3.63) is 11.7 Å². The molecule has 1 nitrogen and oxygen atoms in total. The van der Waals surface area contributed by atoms with Crippen LogP contribution in [0.4, 0.5) is 8.78 Å². The highest BCUT2D eigenvalue weighted by atomic mass is 19.2. The van der Waals surface area contributed by atoms with Gasteiger partial charge in [-0.25, -0.2) is 8.78 Å². The lowest BCUT2D eigenvalue weighted by molar-refractivity contribution is -0.154. The number of allylic oxidation sites excluding steroid dienone is 1. The van der Waals surface area contributed by atoms with Crippen LogP contribution < -0.4 is 0 Å². The Kier molecular flexibility index (Phi) is 4.55. The Balaban J connectivity index is 1.32. The summed E-state index contributed by atoms with van der Waals surface area (Å²) in [5.41, 5.74) is -0.690. The molecule has 7 aliphatic carbocycles. The van der Waals surface area contributed by atoms with Gasteiger partial charge in [0.2, 0.25) is 0 Å². The van der Waals surface area contributed by atoms with Crippen molar-refractivity contribution in [3.8, 4) is 0 Å². The molecule has 0 aromatic heterocycles. The lowest BCUT2D eigenvalue weighted by atomic mass is 9.53. The Morgan fingerprint density at radius 3 is 1.93 bits per heavy atom. The summed E-state index contributed by atoms with van der Waals surface area (Å²) < 4.78 is 37.3. The molecule has 3 heteroatoms. The second-order valence-electron chi connectivity index (χ2n) is 11.8. The molecule has 5 fully saturated rings. The van der Waals surface area contributed by atoms with Gasteiger partial charge in [-0.3, -0.25) is 0 Å². The van der Waals surface area contributed by atoms with E-state index < -0.39 is 22.7 Å². The normalized spacial score (nSPS) is 51.0. The van der Waals surface area contributed by atoms with E-state index in [0.29, 0.717) is 30.8 Å². The summed E-state index contributed by atoms with van der Waals surface area (Å²) in [7, 11) is 0. The van der Waals surface area contributed by atoms with E-state index in [1.54, 1.807) is 0 Å². The zero-order valence-corrected chi connectivity index (χ0v) is 17.9. The third kappa shape index (κ3) is 2.85. The minimum atomic E-state index is -0.944. The molecule has 7 aliphatic rings. The first-order chi connectivity index (χ1) is 13.3. The zero-order chi connectivity index (χ0) is 19.6. The lowest BCUT2D eigenvalue weighted by Crippen LogP contribution is -2.53. The van der Waals surface area contributed by atoms with E-state index in [1.165, 1.54) is 51.4 Å². The fraction of sp³-hybridized carbons (Fsp3) is 0.920. The molecule has 7 rings (SSSR count). The molecule has 0 N–H and O–H groups in total. The van der Waals surface area contributed by atoms with Crippen molar-refractivity contribution in [2.24, 2.45) is 28.1 Å². The van der Waals surface area contributed by atoms with Crippen LogP contribution in [-0.2, 0) is 4.74 Å². The summed E-state index contributed by atoms with van der Waals surface area (Å²) in [6, 6.07) is 0. The Morgan fingerprint density at radius 1 is 0.786 bits per heavy atom. The van der Waals surface area contributed by atoms with Crippen LogP contribution in [0, 0.1) is 28.1 Å². The molecule has 0 heterocycles. The van der Waals surface area contributed by atoms with Crippen molar-refractivity contribution in [2.75, 3.05) is 6.61 Å². The van der Waals surface area contributed by atoms with Gasteiger partial charge in [0.25, 0.3) is 0 Å². The molecular weight excluding hydrogens is 354 g/mol. The minimum Gasteiger partial charge on any atom is -0.367 e. The Hall–Kier alpha value is -0.440. The molecule has 0 aromatic carbocycles. The smallest absolute Gasteiger partial charge is 0.164 e. The van der Waals surface area contributed by atoms with Crippen LogP contribution >= 0.6 is 0 Å². The van der Waals surface area contributed by atoms with Gasteiger partial charge in [0.15, 0.2) is 5.83 Å². The quantitative estimate of drug-likeness (QED) is 0.477. The average molecular weight is 393 g/mol. The van der Waals surface area contributed by atoms with Crippen molar-refractivity contribution in [1.29, 1.82) is 0 Å². The number of halogens is 2. The molecular formula is C25H38F2O. The van der Waals surface area contributed by atoms with Gasteiger partial charge < -0.3 is 4.74 Å². The molecule has 0 radical (unpaired) electrons. The maximum atomic E-state index is 15.5. The molecule has 0 amide bonds. The van der Waals surface area contributed by atoms with Gasteiger partial charge in [0.1, 0.15) is 11.4 Å². The second kappa shape index (κ2) is 6.53. The van der Waals surface area contributed by atoms with E-state index >= 15 is 8.78 Å². The van der Waals surface area contributed by atoms with Crippen LogP contribution in [0.15, 0.2) is 11.7 Å². The SMILES string of the molecule is CC1CCC(C23CCC(OCC45CCC(C)(CC4)CC5)(CC2)C(F)=C3F)CC1. The van der Waals surface area contributed by atoms with E-state index in [2.05, 4.69) is 13.8 Å². The van der Waals surface area contributed by atoms with Gasteiger partial charge in [-0.1, -0.05) is 26.7 Å². The largest absolute Gasteiger partial charge is 0.367 e. The second-order valence-corrected chi connectivity index (χ2v) is 11.8. The van der Waals surface area contributed by atoms with E-state index in [9.17, 15) is 0 Å². The summed E-state index contributed by atoms with van der Waals surface area (Å²) in [6.07, 6.45) is 14.9. The zero-order valence-electron chi connectivity index (χ0n) is 17.9. The van der Waals surface area contributed by atoms with Crippen molar-refractivity contribution in [3.63, 3.8) is 0 Å². The third-order valence-electron chi connectivity index (χ3n) is 10.2. The van der Waals surface area contributed by atoms with Gasteiger partial charge >= 0.3 is 0 Å². The number of rotatable bonds is 4. The Bertz CT molecular complexity index is 625. The van der Waals surface area contributed by atoms with Gasteiger partial charge in [0, 0.05) is 5.41 Å². The van der Waals surface area contributed by atoms with Crippen LogP contribution in [0.5, 0.6) is 0 Å². The standard InChI is InChI=1S/C25H38F2O/c1-18-3-5-19(6-4-18)24-13-15-25(16-14-24,21(27)20(24)26)28-17-23-10-7-22(2,8-11-23)9-12-23/h18-19H,3-17H2,1-2H3.